The Bertz CT molecular complexity index is 350. The van der Waals surface area contributed by atoms with E-state index in [0.29, 0.717) is 12.1 Å². The average Bonchev–Trinajstić information content (AvgIpc) is 2.89. The molecule has 3 unspecified atom stereocenters. The van der Waals surface area contributed by atoms with Crippen molar-refractivity contribution in [1.82, 2.24) is 15.1 Å². The fourth-order valence-corrected chi connectivity index (χ4v) is 3.82. The molecule has 0 amide bonds. The Balaban J connectivity index is 1.91. The third kappa shape index (κ3) is 3.26. The maximum Gasteiger partial charge on any atom is 0.0537 e. The Morgan fingerprint density at radius 1 is 1.59 bits per heavy atom. The van der Waals surface area contributed by atoms with E-state index in [1.165, 1.54) is 30.6 Å². The molecule has 1 aliphatic carbocycles. The van der Waals surface area contributed by atoms with Gasteiger partial charge in [-0.2, -0.15) is 16.9 Å². The van der Waals surface area contributed by atoms with E-state index in [1.807, 2.05) is 17.9 Å². The Labute approximate surface area is 108 Å². The molecule has 1 saturated carbocycles. The second-order valence-corrected chi connectivity index (χ2v) is 6.38. The van der Waals surface area contributed by atoms with Crippen molar-refractivity contribution < 1.29 is 0 Å². The number of nitrogens with zero attached hydrogens (tertiary/aromatic N) is 2. The van der Waals surface area contributed by atoms with E-state index in [1.54, 1.807) is 0 Å². The first-order chi connectivity index (χ1) is 8.20. The largest absolute Gasteiger partial charge is 0.306 e. The summed E-state index contributed by atoms with van der Waals surface area (Å²) >= 11 is 2.11. The van der Waals surface area contributed by atoms with Crippen LogP contribution >= 0.6 is 11.8 Å². The van der Waals surface area contributed by atoms with Gasteiger partial charge in [0.2, 0.25) is 0 Å². The number of rotatable bonds is 5. The van der Waals surface area contributed by atoms with Gasteiger partial charge in [0.1, 0.15) is 0 Å². The van der Waals surface area contributed by atoms with Gasteiger partial charge in [-0.3, -0.25) is 4.68 Å². The highest BCUT2D eigenvalue weighted by atomic mass is 32.2. The maximum atomic E-state index is 4.24. The van der Waals surface area contributed by atoms with E-state index >= 15 is 0 Å². The molecule has 2 rings (SSSR count). The molecule has 1 heterocycles. The number of aryl methyl sites for hydroxylation is 1. The highest BCUT2D eigenvalue weighted by Gasteiger charge is 2.28. The average molecular weight is 253 g/mol. The zero-order valence-electron chi connectivity index (χ0n) is 11.0. The number of hydrogen-bond acceptors (Lipinski definition) is 3. The van der Waals surface area contributed by atoms with Crippen LogP contribution in [0.15, 0.2) is 12.4 Å². The molecule has 0 aromatic carbocycles. The fraction of sp³-hybridized carbons (Fsp3) is 0.769. The topological polar surface area (TPSA) is 29.9 Å². The van der Waals surface area contributed by atoms with Gasteiger partial charge >= 0.3 is 0 Å². The first-order valence-corrected chi connectivity index (χ1v) is 7.61. The molecule has 1 fully saturated rings. The number of nitrogens with one attached hydrogen (secondary N) is 1. The van der Waals surface area contributed by atoms with Crippen molar-refractivity contribution in [3.05, 3.63) is 18.0 Å². The lowest BCUT2D eigenvalue weighted by molar-refractivity contribution is 0.467. The van der Waals surface area contributed by atoms with Gasteiger partial charge in [0.25, 0.3) is 0 Å². The van der Waals surface area contributed by atoms with E-state index < -0.39 is 0 Å². The first kappa shape index (κ1) is 13.0. The molecule has 1 aromatic heterocycles. The van der Waals surface area contributed by atoms with Crippen molar-refractivity contribution in [2.45, 2.75) is 50.4 Å². The lowest BCUT2D eigenvalue weighted by Crippen LogP contribution is -2.36. The van der Waals surface area contributed by atoms with Crippen LogP contribution in [-0.4, -0.2) is 26.8 Å². The van der Waals surface area contributed by atoms with E-state index in [4.69, 9.17) is 0 Å². The molecule has 0 aliphatic heterocycles. The Morgan fingerprint density at radius 3 is 3.06 bits per heavy atom. The molecule has 1 aliphatic rings. The summed E-state index contributed by atoms with van der Waals surface area (Å²) in [5.41, 5.74) is 1.29. The SMILES string of the molecule is CCSC1CCCC1NC(C)c1cnn(C)c1. The van der Waals surface area contributed by atoms with Gasteiger partial charge in [0, 0.05) is 36.1 Å². The molecule has 17 heavy (non-hydrogen) atoms. The molecule has 4 heteroatoms. The van der Waals surface area contributed by atoms with E-state index in [-0.39, 0.29) is 0 Å². The van der Waals surface area contributed by atoms with Crippen LogP contribution in [0, 0.1) is 0 Å². The summed E-state index contributed by atoms with van der Waals surface area (Å²) in [4.78, 5) is 0. The molecule has 0 radical (unpaired) electrons. The van der Waals surface area contributed by atoms with Crippen molar-refractivity contribution in [2.75, 3.05) is 5.75 Å². The van der Waals surface area contributed by atoms with Crippen LogP contribution < -0.4 is 5.32 Å². The maximum absolute atomic E-state index is 4.24. The lowest BCUT2D eigenvalue weighted by atomic mass is 10.1. The highest BCUT2D eigenvalue weighted by molar-refractivity contribution is 7.99. The minimum Gasteiger partial charge on any atom is -0.306 e. The zero-order valence-corrected chi connectivity index (χ0v) is 11.8. The van der Waals surface area contributed by atoms with Crippen molar-refractivity contribution in [2.24, 2.45) is 7.05 Å². The summed E-state index contributed by atoms with van der Waals surface area (Å²) in [6, 6.07) is 1.09. The molecule has 96 valence electrons. The number of hydrogen-bond donors (Lipinski definition) is 1. The third-order valence-corrected chi connectivity index (χ3v) is 4.85. The van der Waals surface area contributed by atoms with Crippen LogP contribution in [0.2, 0.25) is 0 Å². The van der Waals surface area contributed by atoms with Crippen LogP contribution in [0.25, 0.3) is 0 Å². The molecule has 0 spiro atoms. The van der Waals surface area contributed by atoms with Crippen molar-refractivity contribution >= 4 is 11.8 Å². The molecule has 3 nitrogen and oxygen atoms in total. The third-order valence-electron chi connectivity index (χ3n) is 3.52. The molecule has 0 bridgehead atoms. The van der Waals surface area contributed by atoms with Crippen molar-refractivity contribution in [1.29, 1.82) is 0 Å². The summed E-state index contributed by atoms with van der Waals surface area (Å²) in [5, 5.41) is 8.81. The van der Waals surface area contributed by atoms with Gasteiger partial charge in [-0.15, -0.1) is 0 Å². The predicted octanol–water partition coefficient (Wildman–Crippen LogP) is 2.74. The summed E-state index contributed by atoms with van der Waals surface area (Å²) < 4.78 is 1.88. The minimum absolute atomic E-state index is 0.409. The van der Waals surface area contributed by atoms with Crippen LogP contribution in [0.5, 0.6) is 0 Å². The second-order valence-electron chi connectivity index (χ2n) is 4.87. The van der Waals surface area contributed by atoms with E-state index in [0.717, 1.165) is 5.25 Å². The first-order valence-electron chi connectivity index (χ1n) is 6.57. The Morgan fingerprint density at radius 2 is 2.41 bits per heavy atom. The fourth-order valence-electron chi connectivity index (χ4n) is 2.61. The van der Waals surface area contributed by atoms with Crippen LogP contribution in [-0.2, 0) is 7.05 Å². The molecule has 0 saturated heterocycles. The van der Waals surface area contributed by atoms with E-state index in [9.17, 15) is 0 Å². The molecule has 1 aromatic rings. The molecular formula is C13H23N3S. The lowest BCUT2D eigenvalue weighted by Gasteiger charge is -2.24. The summed E-state index contributed by atoms with van der Waals surface area (Å²) in [6.45, 7) is 4.49. The molecule has 1 N–H and O–H groups in total. The molecule has 3 atom stereocenters. The minimum atomic E-state index is 0.409. The molecular weight excluding hydrogens is 230 g/mol. The monoisotopic (exact) mass is 253 g/mol. The smallest absolute Gasteiger partial charge is 0.0537 e. The van der Waals surface area contributed by atoms with Gasteiger partial charge in [-0.25, -0.2) is 0 Å². The van der Waals surface area contributed by atoms with Crippen LogP contribution in [0.3, 0.4) is 0 Å². The van der Waals surface area contributed by atoms with E-state index in [2.05, 4.69) is 42.2 Å². The highest BCUT2D eigenvalue weighted by Crippen LogP contribution is 2.31. The van der Waals surface area contributed by atoms with Gasteiger partial charge in [-0.1, -0.05) is 13.3 Å². The summed E-state index contributed by atoms with van der Waals surface area (Å²) in [6.07, 6.45) is 8.14. The van der Waals surface area contributed by atoms with Crippen LogP contribution in [0.1, 0.15) is 44.7 Å². The summed E-state index contributed by atoms with van der Waals surface area (Å²) in [5.74, 6) is 1.23. The van der Waals surface area contributed by atoms with Gasteiger partial charge in [0.05, 0.1) is 6.20 Å². The van der Waals surface area contributed by atoms with Crippen molar-refractivity contribution in [3.63, 3.8) is 0 Å². The van der Waals surface area contributed by atoms with Gasteiger partial charge < -0.3 is 5.32 Å². The van der Waals surface area contributed by atoms with Gasteiger partial charge in [-0.05, 0) is 25.5 Å². The van der Waals surface area contributed by atoms with Gasteiger partial charge in [0.15, 0.2) is 0 Å². The van der Waals surface area contributed by atoms with Crippen molar-refractivity contribution in [3.8, 4) is 0 Å². The normalized spacial score (nSPS) is 26.3. The standard InChI is InChI=1S/C13H23N3S/c1-4-17-13-7-5-6-12(13)15-10(2)11-8-14-16(3)9-11/h8-10,12-13,15H,4-7H2,1-3H3. The zero-order chi connectivity index (χ0) is 12.3. The predicted molar refractivity (Wildman–Crippen MR) is 74.3 cm³/mol. The summed E-state index contributed by atoms with van der Waals surface area (Å²) in [7, 11) is 1.97. The number of aromatic nitrogens is 2. The Kier molecular flexibility index (Phi) is 4.51. The quantitative estimate of drug-likeness (QED) is 0.875. The Hall–Kier alpha value is -0.480. The second kappa shape index (κ2) is 5.91. The number of thioether (sulfide) groups is 1. The van der Waals surface area contributed by atoms with Crippen LogP contribution in [0.4, 0.5) is 0 Å².